The van der Waals surface area contributed by atoms with Crippen LogP contribution in [0.1, 0.15) is 33.1 Å². The van der Waals surface area contributed by atoms with Gasteiger partial charge < -0.3 is 10.1 Å². The number of ether oxygens (including phenoxy) is 1. The monoisotopic (exact) mass is 211 g/mol. The summed E-state index contributed by atoms with van der Waals surface area (Å²) in [6.45, 7) is 4.58. The highest BCUT2D eigenvalue weighted by Gasteiger charge is 2.48. The van der Waals surface area contributed by atoms with Crippen molar-refractivity contribution in [3.8, 4) is 0 Å². The highest BCUT2D eigenvalue weighted by atomic mass is 16.5. The predicted octanol–water partition coefficient (Wildman–Crippen LogP) is 1.57. The van der Waals surface area contributed by atoms with Crippen molar-refractivity contribution in [2.24, 2.45) is 17.8 Å². The molecule has 0 saturated heterocycles. The van der Waals surface area contributed by atoms with Gasteiger partial charge >= 0.3 is 0 Å². The van der Waals surface area contributed by atoms with E-state index in [-0.39, 0.29) is 17.4 Å². The number of nitrogens with one attached hydrogen (secondary N) is 1. The number of methoxy groups -OCH3 is 1. The van der Waals surface area contributed by atoms with E-state index in [1.807, 2.05) is 13.8 Å². The lowest BCUT2D eigenvalue weighted by atomic mass is 10.0. The van der Waals surface area contributed by atoms with E-state index >= 15 is 0 Å². The van der Waals surface area contributed by atoms with Crippen LogP contribution in [0.15, 0.2) is 0 Å². The first-order chi connectivity index (χ1) is 7.02. The van der Waals surface area contributed by atoms with Crippen LogP contribution in [0.4, 0.5) is 0 Å². The van der Waals surface area contributed by atoms with Crippen LogP contribution >= 0.6 is 0 Å². The molecule has 3 nitrogen and oxygen atoms in total. The van der Waals surface area contributed by atoms with Crippen LogP contribution in [0.5, 0.6) is 0 Å². The zero-order chi connectivity index (χ0) is 11.1. The summed E-state index contributed by atoms with van der Waals surface area (Å²) in [5, 5.41) is 2.99. The van der Waals surface area contributed by atoms with Gasteiger partial charge in [-0.1, -0.05) is 0 Å². The second-order valence-corrected chi connectivity index (χ2v) is 5.61. The lowest BCUT2D eigenvalue weighted by Gasteiger charge is -2.24. The van der Waals surface area contributed by atoms with E-state index in [0.717, 1.165) is 24.7 Å². The number of carbonyl (C=O) groups is 1. The maximum Gasteiger partial charge on any atom is 0.223 e. The molecule has 2 unspecified atom stereocenters. The molecule has 15 heavy (non-hydrogen) atoms. The molecule has 0 radical (unpaired) electrons. The molecule has 0 spiro atoms. The average molecular weight is 211 g/mol. The Hall–Kier alpha value is -0.570. The molecule has 86 valence electrons. The van der Waals surface area contributed by atoms with Crippen LogP contribution < -0.4 is 5.32 Å². The fraction of sp³-hybridized carbons (Fsp3) is 0.917. The van der Waals surface area contributed by atoms with E-state index in [9.17, 15) is 4.79 Å². The predicted molar refractivity (Wildman–Crippen MR) is 58.4 cm³/mol. The van der Waals surface area contributed by atoms with Gasteiger partial charge in [0.15, 0.2) is 0 Å². The van der Waals surface area contributed by atoms with Crippen molar-refractivity contribution in [1.82, 2.24) is 5.32 Å². The minimum absolute atomic E-state index is 0.229. The molecule has 1 amide bonds. The third kappa shape index (κ3) is 2.51. The van der Waals surface area contributed by atoms with Crippen LogP contribution in [0.25, 0.3) is 0 Å². The molecular weight excluding hydrogens is 190 g/mol. The van der Waals surface area contributed by atoms with Crippen LogP contribution in [-0.4, -0.2) is 25.2 Å². The van der Waals surface area contributed by atoms with E-state index in [4.69, 9.17) is 4.74 Å². The molecule has 1 N–H and O–H groups in total. The fourth-order valence-corrected chi connectivity index (χ4v) is 2.45. The Morgan fingerprint density at radius 1 is 1.33 bits per heavy atom. The van der Waals surface area contributed by atoms with E-state index in [2.05, 4.69) is 5.32 Å². The van der Waals surface area contributed by atoms with Crippen LogP contribution in [-0.2, 0) is 9.53 Å². The van der Waals surface area contributed by atoms with Crippen molar-refractivity contribution >= 4 is 5.91 Å². The van der Waals surface area contributed by atoms with E-state index in [1.54, 1.807) is 7.11 Å². The molecule has 0 aromatic rings. The van der Waals surface area contributed by atoms with Crippen LogP contribution in [0, 0.1) is 17.8 Å². The lowest BCUT2D eigenvalue weighted by Crippen LogP contribution is -2.41. The van der Waals surface area contributed by atoms with Gasteiger partial charge in [0.1, 0.15) is 0 Å². The molecule has 0 bridgehead atoms. The summed E-state index contributed by atoms with van der Waals surface area (Å²) in [4.78, 5) is 11.8. The van der Waals surface area contributed by atoms with E-state index in [1.165, 1.54) is 6.42 Å². The highest BCUT2D eigenvalue weighted by molar-refractivity contribution is 5.79. The Labute approximate surface area is 91.6 Å². The average Bonchev–Trinajstić information content (AvgIpc) is 2.82. The van der Waals surface area contributed by atoms with Crippen molar-refractivity contribution in [1.29, 1.82) is 0 Å². The van der Waals surface area contributed by atoms with Gasteiger partial charge in [-0.2, -0.15) is 0 Å². The second-order valence-electron chi connectivity index (χ2n) is 5.61. The third-order valence-electron chi connectivity index (χ3n) is 3.86. The van der Waals surface area contributed by atoms with Crippen molar-refractivity contribution < 1.29 is 9.53 Å². The number of hydrogen-bond donors (Lipinski definition) is 1. The first-order valence-electron chi connectivity index (χ1n) is 5.85. The zero-order valence-corrected chi connectivity index (χ0v) is 9.88. The topological polar surface area (TPSA) is 38.3 Å². The Bertz CT molecular complexity index is 252. The van der Waals surface area contributed by atoms with Gasteiger partial charge in [-0.05, 0) is 44.9 Å². The smallest absolute Gasteiger partial charge is 0.223 e. The van der Waals surface area contributed by atoms with Gasteiger partial charge in [-0.25, -0.2) is 0 Å². The molecule has 2 fully saturated rings. The number of fused-ring (bicyclic) bond motifs is 1. The minimum atomic E-state index is -0.253. The van der Waals surface area contributed by atoms with Crippen molar-refractivity contribution in [2.75, 3.05) is 13.7 Å². The molecule has 2 aliphatic rings. The van der Waals surface area contributed by atoms with Crippen molar-refractivity contribution in [3.63, 3.8) is 0 Å². The van der Waals surface area contributed by atoms with E-state index in [0.29, 0.717) is 6.54 Å². The summed E-state index contributed by atoms with van der Waals surface area (Å²) in [6, 6.07) is 0. The number of carbonyl (C=O) groups excluding carboxylic acids is 1. The Balaban J connectivity index is 1.73. The minimum Gasteiger partial charge on any atom is -0.377 e. The largest absolute Gasteiger partial charge is 0.377 e. The van der Waals surface area contributed by atoms with Gasteiger partial charge in [0.2, 0.25) is 5.91 Å². The number of rotatable bonds is 4. The fourth-order valence-electron chi connectivity index (χ4n) is 2.45. The van der Waals surface area contributed by atoms with Gasteiger partial charge in [-0.3, -0.25) is 4.79 Å². The molecular formula is C12H21NO2. The molecule has 2 rings (SSSR count). The molecule has 0 aromatic carbocycles. The summed E-state index contributed by atoms with van der Waals surface area (Å²) >= 11 is 0. The van der Waals surface area contributed by atoms with Crippen molar-refractivity contribution in [3.05, 3.63) is 0 Å². The Morgan fingerprint density at radius 2 is 1.93 bits per heavy atom. The van der Waals surface area contributed by atoms with Crippen LogP contribution in [0.3, 0.4) is 0 Å². The van der Waals surface area contributed by atoms with Gasteiger partial charge in [-0.15, -0.1) is 0 Å². The molecule has 2 atom stereocenters. The summed E-state index contributed by atoms with van der Waals surface area (Å²) in [5.74, 6) is 2.25. The summed E-state index contributed by atoms with van der Waals surface area (Å²) < 4.78 is 5.27. The van der Waals surface area contributed by atoms with Gasteiger partial charge in [0, 0.05) is 19.6 Å². The molecule has 3 heteroatoms. The van der Waals surface area contributed by atoms with Gasteiger partial charge in [0.25, 0.3) is 0 Å². The number of hydrogen-bond acceptors (Lipinski definition) is 2. The summed E-state index contributed by atoms with van der Waals surface area (Å²) in [5.41, 5.74) is -0.253. The highest BCUT2D eigenvalue weighted by Crippen LogP contribution is 2.54. The first-order valence-corrected chi connectivity index (χ1v) is 5.85. The normalized spacial score (nSPS) is 33.7. The quantitative estimate of drug-likeness (QED) is 0.766. The molecule has 2 aliphatic carbocycles. The molecule has 0 heterocycles. The van der Waals surface area contributed by atoms with E-state index < -0.39 is 0 Å². The van der Waals surface area contributed by atoms with Gasteiger partial charge in [0.05, 0.1) is 5.60 Å². The SMILES string of the molecule is COC(C)(C)CNC(=O)C1CC2CC2C1. The molecule has 0 aliphatic heterocycles. The first kappa shape index (κ1) is 10.9. The number of amides is 1. The molecule has 2 saturated carbocycles. The Kier molecular flexibility index (Phi) is 2.75. The maximum atomic E-state index is 11.8. The molecule has 0 aromatic heterocycles. The van der Waals surface area contributed by atoms with Crippen molar-refractivity contribution in [2.45, 2.75) is 38.7 Å². The maximum absolute atomic E-state index is 11.8. The lowest BCUT2D eigenvalue weighted by molar-refractivity contribution is -0.126. The summed E-state index contributed by atoms with van der Waals surface area (Å²) in [6.07, 6.45) is 3.60. The zero-order valence-electron chi connectivity index (χ0n) is 9.88. The second kappa shape index (κ2) is 3.78. The summed E-state index contributed by atoms with van der Waals surface area (Å²) in [7, 11) is 1.68. The van der Waals surface area contributed by atoms with Crippen LogP contribution in [0.2, 0.25) is 0 Å². The standard InChI is InChI=1S/C12H21NO2/c1-12(2,15-3)7-13-11(14)10-5-8-4-9(8)6-10/h8-10H,4-7H2,1-3H3,(H,13,14). The third-order valence-corrected chi connectivity index (χ3v) is 3.86. The Morgan fingerprint density at radius 3 is 2.47 bits per heavy atom.